The normalized spacial score (nSPS) is 12.8. The molecule has 0 aliphatic rings. The SMILES string of the molecule is Cc1nnc([C@H](CCC(=O)O)NC(=O)OC(C)(C)C)o1. The Morgan fingerprint density at radius 1 is 1.40 bits per heavy atom. The molecule has 0 aliphatic heterocycles. The van der Waals surface area contributed by atoms with Gasteiger partial charge in [-0.1, -0.05) is 0 Å². The number of nitrogens with one attached hydrogen (secondary N) is 1. The monoisotopic (exact) mass is 285 g/mol. The zero-order chi connectivity index (χ0) is 15.3. The van der Waals surface area contributed by atoms with Gasteiger partial charge in [-0.25, -0.2) is 4.79 Å². The van der Waals surface area contributed by atoms with E-state index in [1.54, 1.807) is 27.7 Å². The Kier molecular flexibility index (Phi) is 5.06. The predicted molar refractivity (Wildman–Crippen MR) is 68.0 cm³/mol. The maximum Gasteiger partial charge on any atom is 0.408 e. The Balaban J connectivity index is 2.72. The fourth-order valence-electron chi connectivity index (χ4n) is 1.43. The summed E-state index contributed by atoms with van der Waals surface area (Å²) < 4.78 is 10.3. The van der Waals surface area contributed by atoms with Gasteiger partial charge in [-0.3, -0.25) is 4.79 Å². The van der Waals surface area contributed by atoms with Gasteiger partial charge in [0, 0.05) is 13.3 Å². The fraction of sp³-hybridized carbons (Fsp3) is 0.667. The molecule has 1 atom stereocenters. The molecular weight excluding hydrogens is 266 g/mol. The second kappa shape index (κ2) is 6.36. The lowest BCUT2D eigenvalue weighted by Crippen LogP contribution is -2.35. The number of aryl methyl sites for hydroxylation is 1. The average molecular weight is 285 g/mol. The first kappa shape index (κ1) is 15.9. The van der Waals surface area contributed by atoms with Crippen LogP contribution in [-0.2, 0) is 9.53 Å². The molecule has 0 saturated carbocycles. The van der Waals surface area contributed by atoms with E-state index in [1.807, 2.05) is 0 Å². The smallest absolute Gasteiger partial charge is 0.408 e. The van der Waals surface area contributed by atoms with E-state index in [-0.39, 0.29) is 18.7 Å². The third kappa shape index (κ3) is 5.68. The minimum atomic E-state index is -0.975. The third-order valence-electron chi connectivity index (χ3n) is 2.18. The van der Waals surface area contributed by atoms with Crippen molar-refractivity contribution in [1.82, 2.24) is 15.5 Å². The molecular formula is C12H19N3O5. The number of alkyl carbamates (subject to hydrolysis) is 1. The minimum Gasteiger partial charge on any atom is -0.481 e. The lowest BCUT2D eigenvalue weighted by atomic mass is 10.1. The van der Waals surface area contributed by atoms with Crippen molar-refractivity contribution in [3.63, 3.8) is 0 Å². The first-order valence-electron chi connectivity index (χ1n) is 6.18. The molecule has 8 nitrogen and oxygen atoms in total. The van der Waals surface area contributed by atoms with Crippen LogP contribution in [0.3, 0.4) is 0 Å². The summed E-state index contributed by atoms with van der Waals surface area (Å²) in [5.74, 6) is -0.474. The number of amides is 1. The Hall–Kier alpha value is -2.12. The fourth-order valence-corrected chi connectivity index (χ4v) is 1.43. The first-order chi connectivity index (χ1) is 9.17. The van der Waals surface area contributed by atoms with Crippen molar-refractivity contribution in [2.45, 2.75) is 52.2 Å². The van der Waals surface area contributed by atoms with Gasteiger partial charge in [0.2, 0.25) is 11.8 Å². The molecule has 0 fully saturated rings. The van der Waals surface area contributed by atoms with Gasteiger partial charge in [-0.2, -0.15) is 0 Å². The highest BCUT2D eigenvalue weighted by atomic mass is 16.6. The average Bonchev–Trinajstić information content (AvgIpc) is 2.68. The maximum atomic E-state index is 11.7. The van der Waals surface area contributed by atoms with Crippen LogP contribution in [0.1, 0.15) is 51.4 Å². The van der Waals surface area contributed by atoms with E-state index in [4.69, 9.17) is 14.3 Å². The van der Waals surface area contributed by atoms with Crippen LogP contribution in [0, 0.1) is 6.92 Å². The van der Waals surface area contributed by atoms with E-state index in [1.165, 1.54) is 0 Å². The van der Waals surface area contributed by atoms with Gasteiger partial charge in [0.1, 0.15) is 11.6 Å². The summed E-state index contributed by atoms with van der Waals surface area (Å²) in [5, 5.41) is 18.7. The molecule has 8 heteroatoms. The van der Waals surface area contributed by atoms with Crippen LogP contribution in [0.2, 0.25) is 0 Å². The van der Waals surface area contributed by atoms with Crippen LogP contribution in [0.5, 0.6) is 0 Å². The molecule has 0 unspecified atom stereocenters. The van der Waals surface area contributed by atoms with Crippen LogP contribution in [0.25, 0.3) is 0 Å². The quantitative estimate of drug-likeness (QED) is 0.847. The molecule has 2 N–H and O–H groups in total. The number of nitrogens with zero attached hydrogens (tertiary/aromatic N) is 2. The molecule has 0 aliphatic carbocycles. The van der Waals surface area contributed by atoms with E-state index in [9.17, 15) is 9.59 Å². The molecule has 1 aromatic heterocycles. The van der Waals surface area contributed by atoms with Gasteiger partial charge < -0.3 is 19.6 Å². The number of carboxylic acids is 1. The molecule has 112 valence electrons. The first-order valence-corrected chi connectivity index (χ1v) is 6.18. The van der Waals surface area contributed by atoms with Gasteiger partial charge in [0.05, 0.1) is 0 Å². The largest absolute Gasteiger partial charge is 0.481 e. The van der Waals surface area contributed by atoms with Crippen molar-refractivity contribution >= 4 is 12.1 Å². The Morgan fingerprint density at radius 2 is 2.05 bits per heavy atom. The van der Waals surface area contributed by atoms with Crippen LogP contribution in [0.15, 0.2) is 4.42 Å². The number of aromatic nitrogens is 2. The predicted octanol–water partition coefficient (Wildman–Crippen LogP) is 1.81. The summed E-state index contributed by atoms with van der Waals surface area (Å²) in [4.78, 5) is 22.4. The second-order valence-electron chi connectivity index (χ2n) is 5.29. The molecule has 1 heterocycles. The van der Waals surface area contributed by atoms with Gasteiger partial charge in [0.15, 0.2) is 0 Å². The van der Waals surface area contributed by atoms with Crippen molar-refractivity contribution in [2.24, 2.45) is 0 Å². The van der Waals surface area contributed by atoms with E-state index >= 15 is 0 Å². The molecule has 0 spiro atoms. The van der Waals surface area contributed by atoms with Crippen LogP contribution < -0.4 is 5.32 Å². The summed E-state index contributed by atoms with van der Waals surface area (Å²) in [6.45, 7) is 6.80. The number of aliphatic carboxylic acids is 1. The highest BCUT2D eigenvalue weighted by molar-refractivity contribution is 5.69. The van der Waals surface area contributed by atoms with Crippen molar-refractivity contribution in [2.75, 3.05) is 0 Å². The molecule has 1 rings (SSSR count). The van der Waals surface area contributed by atoms with Crippen LogP contribution >= 0.6 is 0 Å². The Morgan fingerprint density at radius 3 is 2.50 bits per heavy atom. The maximum absolute atomic E-state index is 11.7. The number of carboxylic acid groups (broad SMARTS) is 1. The molecule has 1 amide bonds. The molecule has 0 saturated heterocycles. The van der Waals surface area contributed by atoms with Crippen LogP contribution in [-0.4, -0.2) is 33.0 Å². The summed E-state index contributed by atoms with van der Waals surface area (Å²) in [6, 6.07) is -0.692. The van der Waals surface area contributed by atoms with Crippen molar-refractivity contribution < 1.29 is 23.8 Å². The number of hydrogen-bond acceptors (Lipinski definition) is 6. The van der Waals surface area contributed by atoms with E-state index in [0.29, 0.717) is 5.89 Å². The zero-order valence-corrected chi connectivity index (χ0v) is 12.0. The number of hydrogen-bond donors (Lipinski definition) is 2. The summed E-state index contributed by atoms with van der Waals surface area (Å²) in [6.07, 6.45) is -0.665. The number of carbonyl (C=O) groups is 2. The summed E-state index contributed by atoms with van der Waals surface area (Å²) in [7, 11) is 0. The van der Waals surface area contributed by atoms with Gasteiger partial charge >= 0.3 is 12.1 Å². The molecule has 0 bridgehead atoms. The van der Waals surface area contributed by atoms with Crippen molar-refractivity contribution in [3.05, 3.63) is 11.8 Å². The Labute approximate surface area is 116 Å². The van der Waals surface area contributed by atoms with Gasteiger partial charge in [-0.15, -0.1) is 10.2 Å². The lowest BCUT2D eigenvalue weighted by molar-refractivity contribution is -0.137. The van der Waals surface area contributed by atoms with E-state index in [2.05, 4.69) is 15.5 Å². The topological polar surface area (TPSA) is 115 Å². The van der Waals surface area contributed by atoms with Gasteiger partial charge in [-0.05, 0) is 27.2 Å². The highest BCUT2D eigenvalue weighted by Gasteiger charge is 2.24. The molecule has 0 aromatic carbocycles. The number of rotatable bonds is 5. The minimum absolute atomic E-state index is 0.135. The molecule has 1 aromatic rings. The highest BCUT2D eigenvalue weighted by Crippen LogP contribution is 2.18. The molecule has 20 heavy (non-hydrogen) atoms. The number of ether oxygens (including phenoxy) is 1. The second-order valence-corrected chi connectivity index (χ2v) is 5.29. The van der Waals surface area contributed by atoms with Gasteiger partial charge in [0.25, 0.3) is 0 Å². The lowest BCUT2D eigenvalue weighted by Gasteiger charge is -2.22. The summed E-state index contributed by atoms with van der Waals surface area (Å²) >= 11 is 0. The molecule has 0 radical (unpaired) electrons. The third-order valence-corrected chi connectivity index (χ3v) is 2.18. The van der Waals surface area contributed by atoms with E-state index < -0.39 is 23.7 Å². The standard InChI is InChI=1S/C12H19N3O5/c1-7-14-15-10(19-7)8(5-6-9(16)17)13-11(18)20-12(2,3)4/h8H,5-6H2,1-4H3,(H,13,18)(H,16,17)/t8-/m0/s1. The number of carbonyl (C=O) groups excluding carboxylic acids is 1. The summed E-state index contributed by atoms with van der Waals surface area (Å²) in [5.41, 5.74) is -0.647. The zero-order valence-electron chi connectivity index (χ0n) is 12.0. The van der Waals surface area contributed by atoms with Crippen LogP contribution in [0.4, 0.5) is 4.79 Å². The Bertz CT molecular complexity index is 478. The van der Waals surface area contributed by atoms with Crippen molar-refractivity contribution in [1.29, 1.82) is 0 Å². The van der Waals surface area contributed by atoms with Crippen molar-refractivity contribution in [3.8, 4) is 0 Å². The van der Waals surface area contributed by atoms with E-state index in [0.717, 1.165) is 0 Å².